The van der Waals surface area contributed by atoms with Gasteiger partial charge in [0.05, 0.1) is 27.2 Å². The van der Waals surface area contributed by atoms with Crippen LogP contribution in [-0.4, -0.2) is 36.1 Å². The number of rotatable bonds is 7. The van der Waals surface area contributed by atoms with Crippen molar-refractivity contribution in [2.75, 3.05) is 6.54 Å². The van der Waals surface area contributed by atoms with Gasteiger partial charge in [-0.05, 0) is 49.2 Å². The van der Waals surface area contributed by atoms with E-state index in [-0.39, 0.29) is 17.1 Å². The van der Waals surface area contributed by atoms with Crippen molar-refractivity contribution < 1.29 is 26.4 Å². The number of carbonyl (C=O) groups excluding carboxylic acids is 1. The van der Waals surface area contributed by atoms with Gasteiger partial charge in [0.25, 0.3) is 0 Å². The van der Waals surface area contributed by atoms with E-state index in [4.69, 9.17) is 0 Å². The van der Waals surface area contributed by atoms with Gasteiger partial charge < -0.3 is 0 Å². The molecule has 5 nitrogen and oxygen atoms in total. The normalized spacial score (nSPS) is 17.2. The van der Waals surface area contributed by atoms with Gasteiger partial charge in [0.2, 0.25) is 10.0 Å². The molecule has 1 saturated heterocycles. The molecule has 4 rings (SSSR count). The molecule has 180 valence electrons. The van der Waals surface area contributed by atoms with E-state index in [9.17, 15) is 26.4 Å². The molecule has 34 heavy (non-hydrogen) atoms. The Hall–Kier alpha value is -2.08. The van der Waals surface area contributed by atoms with Crippen molar-refractivity contribution >= 4 is 43.1 Å². The van der Waals surface area contributed by atoms with E-state index in [0.29, 0.717) is 42.1 Å². The number of hydrogen-bond acceptors (Lipinski definition) is 5. The quantitative estimate of drug-likeness (QED) is 0.351. The van der Waals surface area contributed by atoms with E-state index in [1.54, 1.807) is 17.5 Å². The van der Waals surface area contributed by atoms with Crippen LogP contribution < -0.4 is 0 Å². The molecule has 1 aliphatic rings. The van der Waals surface area contributed by atoms with Gasteiger partial charge in [0.15, 0.2) is 5.78 Å². The third kappa shape index (κ3) is 5.42. The maximum atomic E-state index is 13.1. The first-order chi connectivity index (χ1) is 16.1. The standard InChI is InChI=1S/C23H20BrF3N2O3S2/c24-17-7-9-18(10-8-17)34(31,32)29-13-1-2-20(29)21(30)11-12-22-28-19(14-33-22)15-3-5-16(6-4-15)23(25,26)27/h3-10,14,20H,1-2,11-13H2/t20-/m0/s1. The lowest BCUT2D eigenvalue weighted by Gasteiger charge is -2.23. The first-order valence-corrected chi connectivity index (χ1v) is 13.6. The molecular formula is C23H20BrF3N2O3S2. The Balaban J connectivity index is 1.41. The van der Waals surface area contributed by atoms with Gasteiger partial charge in [-0.2, -0.15) is 17.5 Å². The molecule has 0 bridgehead atoms. The predicted molar refractivity (Wildman–Crippen MR) is 127 cm³/mol. The third-order valence-corrected chi connectivity index (χ3v) is 9.00. The highest BCUT2D eigenvalue weighted by Gasteiger charge is 2.39. The van der Waals surface area contributed by atoms with E-state index in [1.807, 2.05) is 0 Å². The zero-order valence-electron chi connectivity index (χ0n) is 17.8. The fraction of sp³-hybridized carbons (Fsp3) is 0.304. The van der Waals surface area contributed by atoms with Crippen molar-refractivity contribution in [3.8, 4) is 11.3 Å². The zero-order valence-corrected chi connectivity index (χ0v) is 21.0. The number of hydrogen-bond donors (Lipinski definition) is 0. The van der Waals surface area contributed by atoms with E-state index < -0.39 is 27.8 Å². The Morgan fingerprint density at radius 2 is 1.79 bits per heavy atom. The minimum atomic E-state index is -4.40. The van der Waals surface area contributed by atoms with Gasteiger partial charge >= 0.3 is 6.18 Å². The summed E-state index contributed by atoms with van der Waals surface area (Å²) in [6, 6.07) is 10.4. The molecule has 0 saturated carbocycles. The zero-order chi connectivity index (χ0) is 24.5. The van der Waals surface area contributed by atoms with Crippen LogP contribution in [0.1, 0.15) is 29.8 Å². The summed E-state index contributed by atoms with van der Waals surface area (Å²) in [6.07, 6.45) is -2.83. The molecule has 2 heterocycles. The van der Waals surface area contributed by atoms with Crippen molar-refractivity contribution in [3.05, 3.63) is 69.0 Å². The number of nitrogens with zero attached hydrogens (tertiary/aromatic N) is 2. The van der Waals surface area contributed by atoms with Crippen LogP contribution in [0.15, 0.2) is 63.3 Å². The van der Waals surface area contributed by atoms with Crippen LogP contribution in [0.25, 0.3) is 11.3 Å². The van der Waals surface area contributed by atoms with Crippen LogP contribution >= 0.6 is 27.3 Å². The lowest BCUT2D eigenvalue weighted by atomic mass is 10.1. The largest absolute Gasteiger partial charge is 0.416 e. The number of aromatic nitrogens is 1. The van der Waals surface area contributed by atoms with Gasteiger partial charge in [-0.15, -0.1) is 11.3 Å². The Kier molecular flexibility index (Phi) is 7.28. The molecule has 0 spiro atoms. The van der Waals surface area contributed by atoms with Crippen molar-refractivity contribution in [3.63, 3.8) is 0 Å². The average molecular weight is 573 g/mol. The Labute approximate surface area is 207 Å². The number of sulfonamides is 1. The molecule has 3 aromatic rings. The van der Waals surface area contributed by atoms with Gasteiger partial charge in [0.1, 0.15) is 0 Å². The number of Topliss-reactive ketones (excluding diaryl/α,β-unsaturated/α-hetero) is 1. The molecule has 0 unspecified atom stereocenters. The van der Waals surface area contributed by atoms with Gasteiger partial charge in [-0.1, -0.05) is 28.1 Å². The van der Waals surface area contributed by atoms with Crippen molar-refractivity contribution in [1.29, 1.82) is 0 Å². The first-order valence-electron chi connectivity index (χ1n) is 10.5. The number of benzene rings is 2. The summed E-state index contributed by atoms with van der Waals surface area (Å²) >= 11 is 4.61. The molecule has 0 N–H and O–H groups in total. The van der Waals surface area contributed by atoms with Crippen LogP contribution in [0.5, 0.6) is 0 Å². The average Bonchev–Trinajstić information content (AvgIpc) is 3.48. The molecule has 1 fully saturated rings. The minimum Gasteiger partial charge on any atom is -0.298 e. The highest BCUT2D eigenvalue weighted by Crippen LogP contribution is 2.32. The summed E-state index contributed by atoms with van der Waals surface area (Å²) in [6.45, 7) is 0.296. The molecular weight excluding hydrogens is 553 g/mol. The van der Waals surface area contributed by atoms with Crippen LogP contribution in [-0.2, 0) is 27.4 Å². The summed E-state index contributed by atoms with van der Waals surface area (Å²) in [4.78, 5) is 17.5. The Morgan fingerprint density at radius 3 is 2.44 bits per heavy atom. The lowest BCUT2D eigenvalue weighted by molar-refractivity contribution is -0.137. The number of halogens is 4. The summed E-state index contributed by atoms with van der Waals surface area (Å²) < 4.78 is 66.4. The summed E-state index contributed by atoms with van der Waals surface area (Å²) in [5.74, 6) is -0.163. The topological polar surface area (TPSA) is 67.3 Å². The second-order valence-corrected chi connectivity index (χ2v) is 11.6. The number of aryl methyl sites for hydroxylation is 1. The fourth-order valence-corrected chi connectivity index (χ4v) is 6.63. The Morgan fingerprint density at radius 1 is 1.12 bits per heavy atom. The molecule has 1 aromatic heterocycles. The number of alkyl halides is 3. The maximum Gasteiger partial charge on any atom is 0.416 e. The molecule has 0 radical (unpaired) electrons. The van der Waals surface area contributed by atoms with Crippen LogP contribution in [0, 0.1) is 0 Å². The van der Waals surface area contributed by atoms with Gasteiger partial charge in [-0.25, -0.2) is 13.4 Å². The smallest absolute Gasteiger partial charge is 0.298 e. The highest BCUT2D eigenvalue weighted by molar-refractivity contribution is 9.10. The monoisotopic (exact) mass is 572 g/mol. The number of carbonyl (C=O) groups is 1. The third-order valence-electron chi connectivity index (χ3n) is 5.64. The van der Waals surface area contributed by atoms with Crippen LogP contribution in [0.2, 0.25) is 0 Å². The second-order valence-electron chi connectivity index (χ2n) is 7.90. The second kappa shape index (κ2) is 9.88. The molecule has 2 aromatic carbocycles. The number of ketones is 1. The molecule has 1 aliphatic heterocycles. The fourth-order valence-electron chi connectivity index (χ4n) is 3.88. The molecule has 0 aliphatic carbocycles. The van der Waals surface area contributed by atoms with Crippen molar-refractivity contribution in [1.82, 2.24) is 9.29 Å². The SMILES string of the molecule is O=C(CCc1nc(-c2ccc(C(F)(F)F)cc2)cs1)[C@@H]1CCCN1S(=O)(=O)c1ccc(Br)cc1. The molecule has 11 heteroatoms. The minimum absolute atomic E-state index is 0.136. The van der Waals surface area contributed by atoms with E-state index >= 15 is 0 Å². The summed E-state index contributed by atoms with van der Waals surface area (Å²) in [5, 5.41) is 2.41. The van der Waals surface area contributed by atoms with Crippen LogP contribution in [0.4, 0.5) is 13.2 Å². The Bertz CT molecular complexity index is 1270. The van der Waals surface area contributed by atoms with Gasteiger partial charge in [0, 0.05) is 34.8 Å². The van der Waals surface area contributed by atoms with E-state index in [0.717, 1.165) is 16.6 Å². The van der Waals surface area contributed by atoms with Crippen LogP contribution in [0.3, 0.4) is 0 Å². The maximum absolute atomic E-state index is 13.1. The van der Waals surface area contributed by atoms with Gasteiger partial charge in [-0.3, -0.25) is 4.79 Å². The predicted octanol–water partition coefficient (Wildman–Crippen LogP) is 5.95. The van der Waals surface area contributed by atoms with E-state index in [2.05, 4.69) is 20.9 Å². The van der Waals surface area contributed by atoms with Crippen molar-refractivity contribution in [2.45, 2.75) is 42.8 Å². The molecule has 1 atom stereocenters. The first kappa shape index (κ1) is 25.0. The lowest BCUT2D eigenvalue weighted by Crippen LogP contribution is -2.40. The molecule has 0 amide bonds. The summed E-state index contributed by atoms with van der Waals surface area (Å²) in [7, 11) is -3.78. The summed E-state index contributed by atoms with van der Waals surface area (Å²) in [5.41, 5.74) is 0.377. The van der Waals surface area contributed by atoms with E-state index in [1.165, 1.54) is 39.9 Å². The van der Waals surface area contributed by atoms with Crippen molar-refractivity contribution in [2.24, 2.45) is 0 Å². The highest BCUT2D eigenvalue weighted by atomic mass is 79.9. The number of thiazole rings is 1.